The highest BCUT2D eigenvalue weighted by atomic mass is 16.7. The number of hydrogen-bond acceptors (Lipinski definition) is 9. The van der Waals surface area contributed by atoms with Crippen molar-refractivity contribution < 1.29 is 44.9 Å². The molecule has 0 amide bonds. The number of allylic oxidation sites excluding steroid dienone is 2. The molecule has 6 rings (SSSR count). The second kappa shape index (κ2) is 11.0. The maximum Gasteiger partial charge on any atom is 0.315 e. The van der Waals surface area contributed by atoms with Crippen molar-refractivity contribution in [2.45, 2.75) is 143 Å². The third-order valence-corrected chi connectivity index (χ3v) is 15.2. The van der Waals surface area contributed by atoms with Crippen LogP contribution < -0.4 is 0 Å². The van der Waals surface area contributed by atoms with Crippen LogP contribution in [0.25, 0.3) is 0 Å². The van der Waals surface area contributed by atoms with Crippen LogP contribution in [0, 0.1) is 50.2 Å². The minimum atomic E-state index is -1.63. The van der Waals surface area contributed by atoms with E-state index in [0.29, 0.717) is 25.2 Å². The maximum atomic E-state index is 14.4. The number of rotatable bonds is 4. The van der Waals surface area contributed by atoms with Crippen molar-refractivity contribution in [2.75, 3.05) is 13.2 Å². The molecular formula is C36H58O9. The normalized spacial score (nSPS) is 54.0. The first-order chi connectivity index (χ1) is 20.9. The fraction of sp³-hybridized carbons (Fsp3) is 0.917. The van der Waals surface area contributed by atoms with Crippen molar-refractivity contribution in [3.63, 3.8) is 0 Å². The second-order valence-corrected chi connectivity index (χ2v) is 17.7. The van der Waals surface area contributed by atoms with Crippen LogP contribution in [0.4, 0.5) is 0 Å². The molecule has 45 heavy (non-hydrogen) atoms. The van der Waals surface area contributed by atoms with E-state index < -0.39 is 60.2 Å². The van der Waals surface area contributed by atoms with Gasteiger partial charge in [-0.1, -0.05) is 53.2 Å². The number of esters is 1. The van der Waals surface area contributed by atoms with Gasteiger partial charge in [0.2, 0.25) is 6.29 Å². The summed E-state index contributed by atoms with van der Waals surface area (Å²) in [4.78, 5) is 14.4. The molecule has 6 N–H and O–H groups in total. The molecular weight excluding hydrogens is 576 g/mol. The minimum absolute atomic E-state index is 0.00749. The Balaban J connectivity index is 1.35. The Kier molecular flexibility index (Phi) is 8.25. The van der Waals surface area contributed by atoms with E-state index in [-0.39, 0.29) is 40.1 Å². The molecule has 1 aliphatic heterocycles. The number of ether oxygens (including phenoxy) is 2. The number of fused-ring (bicyclic) bond motifs is 7. The molecule has 0 spiro atoms. The molecule has 0 aromatic rings. The third kappa shape index (κ3) is 4.61. The zero-order chi connectivity index (χ0) is 33.0. The van der Waals surface area contributed by atoms with Crippen LogP contribution in [0.15, 0.2) is 11.6 Å². The van der Waals surface area contributed by atoms with Gasteiger partial charge in [-0.05, 0) is 104 Å². The van der Waals surface area contributed by atoms with E-state index in [1.54, 1.807) is 0 Å². The van der Waals surface area contributed by atoms with Crippen LogP contribution in [-0.2, 0) is 14.3 Å². The Bertz CT molecular complexity index is 1200. The van der Waals surface area contributed by atoms with Gasteiger partial charge in [-0.3, -0.25) is 4.79 Å². The molecule has 3 unspecified atom stereocenters. The summed E-state index contributed by atoms with van der Waals surface area (Å²) in [5.41, 5.74) is -0.0979. The monoisotopic (exact) mass is 634 g/mol. The molecule has 0 radical (unpaired) electrons. The zero-order valence-corrected chi connectivity index (χ0v) is 28.2. The van der Waals surface area contributed by atoms with E-state index >= 15 is 0 Å². The first-order valence-corrected chi connectivity index (χ1v) is 17.5. The van der Waals surface area contributed by atoms with Crippen LogP contribution in [0.3, 0.4) is 0 Å². The molecule has 14 atom stereocenters. The van der Waals surface area contributed by atoms with E-state index in [1.807, 2.05) is 0 Å². The molecule has 0 bridgehead atoms. The predicted molar refractivity (Wildman–Crippen MR) is 166 cm³/mol. The molecule has 0 aromatic heterocycles. The summed E-state index contributed by atoms with van der Waals surface area (Å²) < 4.78 is 11.5. The van der Waals surface area contributed by atoms with Gasteiger partial charge in [0.05, 0.1) is 24.7 Å². The van der Waals surface area contributed by atoms with E-state index in [1.165, 1.54) is 5.57 Å². The lowest BCUT2D eigenvalue weighted by molar-refractivity contribution is -0.297. The van der Waals surface area contributed by atoms with E-state index in [9.17, 15) is 35.4 Å². The molecule has 4 saturated carbocycles. The Hall–Kier alpha value is -1.07. The smallest absolute Gasteiger partial charge is 0.315 e. The standard InChI is InChI=1S/C36H58O9/c1-31(2)13-15-36(30(43)45-29-28(42)27(41)26(40)22(18-37)44-29)16-14-34(5)20(21(36)17-31)7-8-24-32(3)11-10-25(39)33(4,19-38)23(32)9-12-35(24,34)6/h7,21-29,37-42H,8-19H2,1-6H3/t21?,22-,23?,24?,25+,26-,27+,28-,29+,32+,33+,34-,35-,36+/m1/s1. The van der Waals surface area contributed by atoms with Gasteiger partial charge < -0.3 is 40.1 Å². The molecule has 9 nitrogen and oxygen atoms in total. The fourth-order valence-electron chi connectivity index (χ4n) is 12.0. The SMILES string of the molecule is CC1(C)CC[C@]2(C(=O)O[C@@H]3O[C@H](CO)[C@@H](O)[C@H](O)[C@H]3O)CC[C@]3(C)C(=CCC4[C@@]5(C)CC[C@H](O)[C@@](C)(CO)C5CC[C@]43C)C2C1. The van der Waals surface area contributed by atoms with Crippen LogP contribution in [0.2, 0.25) is 0 Å². The molecule has 1 saturated heterocycles. The highest BCUT2D eigenvalue weighted by molar-refractivity contribution is 5.79. The van der Waals surface area contributed by atoms with Gasteiger partial charge in [-0.15, -0.1) is 0 Å². The zero-order valence-electron chi connectivity index (χ0n) is 28.2. The van der Waals surface area contributed by atoms with Crippen LogP contribution in [0.5, 0.6) is 0 Å². The first-order valence-electron chi connectivity index (χ1n) is 17.5. The summed E-state index contributed by atoms with van der Waals surface area (Å²) in [6, 6.07) is 0. The Morgan fingerprint density at radius 3 is 2.22 bits per heavy atom. The van der Waals surface area contributed by atoms with Gasteiger partial charge in [-0.25, -0.2) is 0 Å². The lowest BCUT2D eigenvalue weighted by Gasteiger charge is -2.71. The molecule has 0 aromatic carbocycles. The molecule has 256 valence electrons. The van der Waals surface area contributed by atoms with Crippen molar-refractivity contribution in [1.82, 2.24) is 0 Å². The molecule has 6 aliphatic rings. The third-order valence-electron chi connectivity index (χ3n) is 15.2. The van der Waals surface area contributed by atoms with Crippen molar-refractivity contribution in [1.29, 1.82) is 0 Å². The summed E-state index contributed by atoms with van der Waals surface area (Å²) >= 11 is 0. The van der Waals surface area contributed by atoms with E-state index in [2.05, 4.69) is 47.6 Å². The lowest BCUT2D eigenvalue weighted by atomic mass is 9.33. The molecule has 1 heterocycles. The quantitative estimate of drug-likeness (QED) is 0.201. The highest BCUT2D eigenvalue weighted by Gasteiger charge is 2.70. The number of carbonyl (C=O) groups is 1. The number of carbonyl (C=O) groups excluding carboxylic acids is 1. The summed E-state index contributed by atoms with van der Waals surface area (Å²) in [5, 5.41) is 62.6. The summed E-state index contributed by atoms with van der Waals surface area (Å²) in [6.45, 7) is 13.3. The molecule has 9 heteroatoms. The van der Waals surface area contributed by atoms with Gasteiger partial charge in [0.1, 0.15) is 24.4 Å². The van der Waals surface area contributed by atoms with E-state index in [0.717, 1.165) is 44.9 Å². The van der Waals surface area contributed by atoms with Gasteiger partial charge >= 0.3 is 5.97 Å². The molecule has 5 aliphatic carbocycles. The number of aliphatic hydroxyl groups is 6. The summed E-state index contributed by atoms with van der Waals surface area (Å²) in [5.74, 6) is 0.149. The highest BCUT2D eigenvalue weighted by Crippen LogP contribution is 2.75. The average molecular weight is 635 g/mol. The number of hydrogen-bond donors (Lipinski definition) is 6. The van der Waals surface area contributed by atoms with Crippen molar-refractivity contribution in [2.24, 2.45) is 50.2 Å². The minimum Gasteiger partial charge on any atom is -0.432 e. The first kappa shape index (κ1) is 33.8. The lowest BCUT2D eigenvalue weighted by Crippen LogP contribution is -2.66. The average Bonchev–Trinajstić information content (AvgIpc) is 2.99. The van der Waals surface area contributed by atoms with Crippen molar-refractivity contribution >= 4 is 5.97 Å². The van der Waals surface area contributed by atoms with Crippen LogP contribution in [-0.4, -0.2) is 86.6 Å². The Morgan fingerprint density at radius 2 is 1.56 bits per heavy atom. The van der Waals surface area contributed by atoms with Gasteiger partial charge in [0.15, 0.2) is 0 Å². The van der Waals surface area contributed by atoms with Gasteiger partial charge in [0, 0.05) is 5.41 Å². The predicted octanol–water partition coefficient (Wildman–Crippen LogP) is 3.46. The summed E-state index contributed by atoms with van der Waals surface area (Å²) in [6.07, 6.45) is 2.92. The maximum absolute atomic E-state index is 14.4. The van der Waals surface area contributed by atoms with Crippen LogP contribution >= 0.6 is 0 Å². The Labute approximate surface area is 268 Å². The summed E-state index contributed by atoms with van der Waals surface area (Å²) in [7, 11) is 0. The Morgan fingerprint density at radius 1 is 0.867 bits per heavy atom. The topological polar surface area (TPSA) is 157 Å². The van der Waals surface area contributed by atoms with E-state index in [4.69, 9.17) is 9.47 Å². The number of aliphatic hydroxyl groups excluding tert-OH is 6. The van der Waals surface area contributed by atoms with Crippen molar-refractivity contribution in [3.05, 3.63) is 11.6 Å². The largest absolute Gasteiger partial charge is 0.432 e. The van der Waals surface area contributed by atoms with Crippen LogP contribution in [0.1, 0.15) is 106 Å². The van der Waals surface area contributed by atoms with Gasteiger partial charge in [-0.2, -0.15) is 0 Å². The van der Waals surface area contributed by atoms with Crippen molar-refractivity contribution in [3.8, 4) is 0 Å². The fourth-order valence-corrected chi connectivity index (χ4v) is 12.0. The van der Waals surface area contributed by atoms with Gasteiger partial charge in [0.25, 0.3) is 0 Å². The molecule has 5 fully saturated rings. The second-order valence-electron chi connectivity index (χ2n) is 17.7.